The van der Waals surface area contributed by atoms with Crippen molar-refractivity contribution in [3.63, 3.8) is 0 Å². The summed E-state index contributed by atoms with van der Waals surface area (Å²) in [6.07, 6.45) is 3.92. The first-order valence-electron chi connectivity index (χ1n) is 6.92. The third-order valence-electron chi connectivity index (χ3n) is 3.55. The van der Waals surface area contributed by atoms with Crippen LogP contribution in [0.15, 0.2) is 85.3 Å². The number of fused-ring (bicyclic) bond motifs is 1. The van der Waals surface area contributed by atoms with Gasteiger partial charge in [-0.2, -0.15) is 4.57 Å². The first kappa shape index (κ1) is 14.3. The van der Waals surface area contributed by atoms with E-state index in [1.807, 2.05) is 48.7 Å². The number of aromatic nitrogens is 3. The first-order valence-corrected chi connectivity index (χ1v) is 6.92. The van der Waals surface area contributed by atoms with Gasteiger partial charge in [-0.15, -0.1) is 4.98 Å². The second-order valence-corrected chi connectivity index (χ2v) is 4.87. The molecule has 2 aromatic heterocycles. The summed E-state index contributed by atoms with van der Waals surface area (Å²) in [5, 5.41) is 0. The predicted octanol–water partition coefficient (Wildman–Crippen LogP) is 0.306. The molecule has 0 atom stereocenters. The van der Waals surface area contributed by atoms with E-state index in [1.165, 1.54) is 0 Å². The molecule has 0 unspecified atom stereocenters. The Bertz CT molecular complexity index is 813. The number of nitrogens with zero attached hydrogens (tertiary/aromatic N) is 3. The number of benzene rings is 2. The highest BCUT2D eigenvalue weighted by atomic mass is 35.5. The van der Waals surface area contributed by atoms with Crippen molar-refractivity contribution in [2.24, 2.45) is 0 Å². The predicted molar refractivity (Wildman–Crippen MR) is 82.6 cm³/mol. The monoisotopic (exact) mass is 307 g/mol. The smallest absolute Gasteiger partial charge is 0.307 e. The van der Waals surface area contributed by atoms with Crippen LogP contribution in [-0.4, -0.2) is 9.55 Å². The van der Waals surface area contributed by atoms with Crippen molar-refractivity contribution in [1.82, 2.24) is 9.55 Å². The lowest BCUT2D eigenvalue weighted by Gasteiger charge is -1.97. The van der Waals surface area contributed by atoms with Gasteiger partial charge in [-0.1, -0.05) is 36.4 Å². The molecule has 4 heteroatoms. The van der Waals surface area contributed by atoms with Gasteiger partial charge in [0.05, 0.1) is 0 Å². The van der Waals surface area contributed by atoms with Crippen molar-refractivity contribution in [2.75, 3.05) is 0 Å². The van der Waals surface area contributed by atoms with Gasteiger partial charge in [0.25, 0.3) is 0 Å². The van der Waals surface area contributed by atoms with E-state index in [0.29, 0.717) is 0 Å². The zero-order valence-corrected chi connectivity index (χ0v) is 12.6. The van der Waals surface area contributed by atoms with Gasteiger partial charge < -0.3 is 12.4 Å². The van der Waals surface area contributed by atoms with Crippen molar-refractivity contribution in [3.8, 4) is 11.4 Å². The lowest BCUT2D eigenvalue weighted by atomic mass is 10.3. The SMILES string of the molecule is [Cl-].c1ccc(-n2c[n+](-c3ccccc3)c3ncccc32)cc1. The standard InChI is InChI=1S/C18H14N3.ClH/c1-3-8-15(9-4-1)20-14-21(16-10-5-2-6-11-16)18-17(20)12-7-13-19-18;/h1-14H;1H/q+1;/p-1. The van der Waals surface area contributed by atoms with Crippen LogP contribution in [0.3, 0.4) is 0 Å². The van der Waals surface area contributed by atoms with Crippen molar-refractivity contribution in [2.45, 2.75) is 0 Å². The molecule has 2 aromatic carbocycles. The highest BCUT2D eigenvalue weighted by Gasteiger charge is 2.18. The van der Waals surface area contributed by atoms with Gasteiger partial charge in [-0.05, 0) is 36.4 Å². The maximum atomic E-state index is 4.55. The van der Waals surface area contributed by atoms with Gasteiger partial charge in [-0.25, -0.2) is 4.57 Å². The highest BCUT2D eigenvalue weighted by Crippen LogP contribution is 2.16. The molecule has 4 aromatic rings. The quantitative estimate of drug-likeness (QED) is 0.488. The Morgan fingerprint density at radius 3 is 2.18 bits per heavy atom. The van der Waals surface area contributed by atoms with Crippen molar-refractivity contribution in [1.29, 1.82) is 0 Å². The van der Waals surface area contributed by atoms with E-state index in [4.69, 9.17) is 0 Å². The number of hydrogen-bond donors (Lipinski definition) is 0. The molecule has 0 spiro atoms. The van der Waals surface area contributed by atoms with E-state index < -0.39 is 0 Å². The summed E-state index contributed by atoms with van der Waals surface area (Å²) in [5.74, 6) is 0. The largest absolute Gasteiger partial charge is 1.00 e. The second kappa shape index (κ2) is 6.00. The number of halogens is 1. The Labute approximate surface area is 134 Å². The Morgan fingerprint density at radius 2 is 1.45 bits per heavy atom. The van der Waals surface area contributed by atoms with Crippen LogP contribution in [0.25, 0.3) is 22.5 Å². The topological polar surface area (TPSA) is 21.7 Å². The molecule has 0 saturated heterocycles. The Hall–Kier alpha value is -2.65. The molecule has 0 aliphatic carbocycles. The van der Waals surface area contributed by atoms with Gasteiger partial charge in [0.2, 0.25) is 6.33 Å². The van der Waals surface area contributed by atoms with Gasteiger partial charge in [0.15, 0.2) is 5.52 Å². The van der Waals surface area contributed by atoms with E-state index in [1.54, 1.807) is 0 Å². The van der Waals surface area contributed by atoms with Crippen molar-refractivity contribution in [3.05, 3.63) is 85.3 Å². The molecule has 4 rings (SSSR count). The molecule has 0 N–H and O–H groups in total. The molecule has 22 heavy (non-hydrogen) atoms. The minimum absolute atomic E-state index is 0. The summed E-state index contributed by atoms with van der Waals surface area (Å²) in [5.41, 5.74) is 4.28. The van der Waals surface area contributed by atoms with Gasteiger partial charge >= 0.3 is 5.65 Å². The van der Waals surface area contributed by atoms with Gasteiger partial charge in [0, 0.05) is 0 Å². The molecule has 0 bridgehead atoms. The van der Waals surface area contributed by atoms with Crippen LogP contribution in [0.1, 0.15) is 0 Å². The number of imidazole rings is 1. The summed E-state index contributed by atoms with van der Waals surface area (Å²) in [6, 6.07) is 24.7. The zero-order chi connectivity index (χ0) is 14.1. The maximum Gasteiger partial charge on any atom is 0.307 e. The average Bonchev–Trinajstić information content (AvgIpc) is 2.96. The minimum Gasteiger partial charge on any atom is -1.00 e. The third-order valence-corrected chi connectivity index (χ3v) is 3.55. The zero-order valence-electron chi connectivity index (χ0n) is 11.8. The van der Waals surface area contributed by atoms with Crippen LogP contribution >= 0.6 is 0 Å². The lowest BCUT2D eigenvalue weighted by Crippen LogP contribution is -3.00. The lowest BCUT2D eigenvalue weighted by molar-refractivity contribution is -0.570. The molecular formula is C18H14ClN3. The summed E-state index contributed by atoms with van der Waals surface area (Å²) in [7, 11) is 0. The summed E-state index contributed by atoms with van der Waals surface area (Å²) in [6.45, 7) is 0. The van der Waals surface area contributed by atoms with E-state index in [0.717, 1.165) is 22.5 Å². The molecule has 0 saturated carbocycles. The molecule has 0 radical (unpaired) electrons. The molecule has 3 nitrogen and oxygen atoms in total. The van der Waals surface area contributed by atoms with E-state index in [-0.39, 0.29) is 12.4 Å². The number of para-hydroxylation sites is 2. The van der Waals surface area contributed by atoms with E-state index >= 15 is 0 Å². The average molecular weight is 308 g/mol. The fourth-order valence-corrected chi connectivity index (χ4v) is 2.57. The van der Waals surface area contributed by atoms with Gasteiger partial charge in [0.1, 0.15) is 17.6 Å². The summed E-state index contributed by atoms with van der Waals surface area (Å²) >= 11 is 0. The van der Waals surface area contributed by atoms with Crippen molar-refractivity contribution >= 4 is 11.2 Å². The van der Waals surface area contributed by atoms with Crippen LogP contribution in [0.4, 0.5) is 0 Å². The van der Waals surface area contributed by atoms with Gasteiger partial charge in [-0.3, -0.25) is 0 Å². The van der Waals surface area contributed by atoms with E-state index in [9.17, 15) is 0 Å². The molecule has 0 aliphatic heterocycles. The molecule has 2 heterocycles. The first-order chi connectivity index (χ1) is 10.4. The molecule has 0 aliphatic rings. The van der Waals surface area contributed by atoms with Crippen molar-refractivity contribution < 1.29 is 17.0 Å². The Kier molecular flexibility index (Phi) is 3.90. The van der Waals surface area contributed by atoms with Crippen LogP contribution in [0, 0.1) is 0 Å². The van der Waals surface area contributed by atoms with E-state index in [2.05, 4.69) is 50.8 Å². The number of pyridine rings is 1. The Morgan fingerprint density at radius 1 is 0.773 bits per heavy atom. The normalized spacial score (nSPS) is 10.4. The molecular weight excluding hydrogens is 294 g/mol. The number of rotatable bonds is 2. The molecule has 0 amide bonds. The third kappa shape index (κ3) is 2.36. The summed E-state index contributed by atoms with van der Waals surface area (Å²) in [4.78, 5) is 4.55. The van der Waals surface area contributed by atoms with Crippen LogP contribution in [0.2, 0.25) is 0 Å². The Balaban J connectivity index is 0.00000144. The van der Waals surface area contributed by atoms with Crippen LogP contribution < -0.4 is 17.0 Å². The minimum atomic E-state index is 0. The fraction of sp³-hybridized carbons (Fsp3) is 0. The number of hydrogen-bond acceptors (Lipinski definition) is 1. The maximum absolute atomic E-state index is 4.55. The fourth-order valence-electron chi connectivity index (χ4n) is 2.57. The molecule has 0 fully saturated rings. The van der Waals surface area contributed by atoms with Crippen LogP contribution in [-0.2, 0) is 0 Å². The molecule has 108 valence electrons. The highest BCUT2D eigenvalue weighted by molar-refractivity contribution is 5.70. The second-order valence-electron chi connectivity index (χ2n) is 4.87. The van der Waals surface area contributed by atoms with Crippen LogP contribution in [0.5, 0.6) is 0 Å². The summed E-state index contributed by atoms with van der Waals surface area (Å²) < 4.78 is 4.28.